The van der Waals surface area contributed by atoms with Crippen LogP contribution in [-0.4, -0.2) is 51.6 Å². The molecular formula is C18H24N2O3S. The fourth-order valence-electron chi connectivity index (χ4n) is 3.46. The lowest BCUT2D eigenvalue weighted by Crippen LogP contribution is -2.50. The first-order valence-electron chi connectivity index (χ1n) is 8.46. The Kier molecular flexibility index (Phi) is 5.04. The topological polar surface area (TPSA) is 60.9 Å². The van der Waals surface area contributed by atoms with Crippen molar-refractivity contribution in [2.75, 3.05) is 18.8 Å². The summed E-state index contributed by atoms with van der Waals surface area (Å²) in [6.45, 7) is 5.25. The third-order valence-corrected chi connectivity index (χ3v) is 6.25. The summed E-state index contributed by atoms with van der Waals surface area (Å²) in [4.78, 5) is 28.7. The van der Waals surface area contributed by atoms with Crippen LogP contribution in [0.4, 0.5) is 0 Å². The van der Waals surface area contributed by atoms with E-state index in [0.717, 1.165) is 25.9 Å². The first-order chi connectivity index (χ1) is 11.5. The molecule has 2 heterocycles. The number of hydrogen-bond donors (Lipinski definition) is 1. The molecule has 1 N–H and O–H groups in total. The first-order valence-corrected chi connectivity index (χ1v) is 9.51. The molecule has 2 fully saturated rings. The Balaban J connectivity index is 1.81. The Morgan fingerprint density at radius 2 is 1.88 bits per heavy atom. The number of nitrogens with zero attached hydrogens (tertiary/aromatic N) is 2. The molecule has 2 atom stereocenters. The molecule has 24 heavy (non-hydrogen) atoms. The quantitative estimate of drug-likeness (QED) is 0.892. The first kappa shape index (κ1) is 17.1. The summed E-state index contributed by atoms with van der Waals surface area (Å²) >= 11 is 1.54. The van der Waals surface area contributed by atoms with Gasteiger partial charge in [-0.05, 0) is 24.8 Å². The third-order valence-electron chi connectivity index (χ3n) is 4.95. The molecule has 5 nitrogen and oxygen atoms in total. The minimum Gasteiger partial charge on any atom is -0.508 e. The van der Waals surface area contributed by atoms with Gasteiger partial charge in [0, 0.05) is 31.3 Å². The summed E-state index contributed by atoms with van der Waals surface area (Å²) in [5.41, 5.74) is 0.695. The molecule has 3 rings (SSSR count). The molecule has 2 aliphatic rings. The van der Waals surface area contributed by atoms with Gasteiger partial charge in [0.05, 0.1) is 0 Å². The molecule has 0 radical (unpaired) electrons. The fraction of sp³-hybridized carbons (Fsp3) is 0.556. The van der Waals surface area contributed by atoms with Gasteiger partial charge in [-0.2, -0.15) is 0 Å². The van der Waals surface area contributed by atoms with E-state index in [1.165, 1.54) is 6.92 Å². The number of carbonyl (C=O) groups excluding carboxylic acids is 2. The van der Waals surface area contributed by atoms with E-state index >= 15 is 0 Å². The molecule has 2 saturated heterocycles. The van der Waals surface area contributed by atoms with Crippen LogP contribution < -0.4 is 0 Å². The van der Waals surface area contributed by atoms with Gasteiger partial charge in [-0.25, -0.2) is 0 Å². The highest BCUT2D eigenvalue weighted by Crippen LogP contribution is 2.44. The van der Waals surface area contributed by atoms with Crippen molar-refractivity contribution in [3.8, 4) is 5.75 Å². The molecular weight excluding hydrogens is 324 g/mol. The highest BCUT2D eigenvalue weighted by molar-refractivity contribution is 7.99. The van der Waals surface area contributed by atoms with Crippen molar-refractivity contribution in [3.63, 3.8) is 0 Å². The van der Waals surface area contributed by atoms with Crippen LogP contribution in [0.2, 0.25) is 0 Å². The summed E-state index contributed by atoms with van der Waals surface area (Å²) in [5.74, 6) is 1.31. The minimum atomic E-state index is -0.439. The average molecular weight is 348 g/mol. The van der Waals surface area contributed by atoms with Crippen LogP contribution in [0.1, 0.15) is 37.6 Å². The lowest BCUT2D eigenvalue weighted by molar-refractivity contribution is -0.144. The molecule has 0 spiro atoms. The van der Waals surface area contributed by atoms with E-state index in [9.17, 15) is 14.7 Å². The van der Waals surface area contributed by atoms with Crippen molar-refractivity contribution in [3.05, 3.63) is 29.8 Å². The maximum Gasteiger partial charge on any atom is 0.246 e. The molecule has 0 aromatic heterocycles. The number of benzene rings is 1. The van der Waals surface area contributed by atoms with Gasteiger partial charge in [0.2, 0.25) is 11.8 Å². The molecule has 2 amide bonds. The number of piperidine rings is 1. The van der Waals surface area contributed by atoms with E-state index in [0.29, 0.717) is 17.2 Å². The van der Waals surface area contributed by atoms with Gasteiger partial charge in [0.15, 0.2) is 0 Å². The van der Waals surface area contributed by atoms with Crippen LogP contribution in [0.3, 0.4) is 0 Å². The van der Waals surface area contributed by atoms with E-state index in [1.54, 1.807) is 28.8 Å². The monoisotopic (exact) mass is 348 g/mol. The summed E-state index contributed by atoms with van der Waals surface area (Å²) in [6.07, 6.45) is 2.04. The van der Waals surface area contributed by atoms with Gasteiger partial charge in [-0.15, -0.1) is 11.8 Å². The molecule has 0 saturated carbocycles. The molecule has 2 aliphatic heterocycles. The van der Waals surface area contributed by atoms with Crippen molar-refractivity contribution < 1.29 is 14.7 Å². The van der Waals surface area contributed by atoms with Gasteiger partial charge in [0.25, 0.3) is 0 Å². The Morgan fingerprint density at radius 3 is 2.50 bits per heavy atom. The predicted molar refractivity (Wildman–Crippen MR) is 94.6 cm³/mol. The van der Waals surface area contributed by atoms with Crippen molar-refractivity contribution in [2.24, 2.45) is 5.92 Å². The van der Waals surface area contributed by atoms with E-state index in [4.69, 9.17) is 0 Å². The van der Waals surface area contributed by atoms with Crippen molar-refractivity contribution in [1.82, 2.24) is 9.80 Å². The second-order valence-electron chi connectivity index (χ2n) is 6.69. The lowest BCUT2D eigenvalue weighted by Gasteiger charge is -2.35. The van der Waals surface area contributed by atoms with Gasteiger partial charge in [0.1, 0.15) is 17.2 Å². The van der Waals surface area contributed by atoms with Crippen LogP contribution in [0, 0.1) is 5.92 Å². The van der Waals surface area contributed by atoms with Crippen LogP contribution in [-0.2, 0) is 9.59 Å². The largest absolute Gasteiger partial charge is 0.508 e. The number of phenolic OH excluding ortho intramolecular Hbond substituents is 1. The Morgan fingerprint density at radius 1 is 1.21 bits per heavy atom. The van der Waals surface area contributed by atoms with E-state index in [-0.39, 0.29) is 22.9 Å². The second-order valence-corrected chi connectivity index (χ2v) is 7.81. The standard InChI is InChI=1S/C18H24N2O3S/c1-12-7-9-19(10-8-12)17(23)15-11-24-18(20(15)13(2)21)14-5-3-4-6-16(14)22/h3-6,12,15,18,22H,7-11H2,1-2H3/t15-,18+/m0/s1. The zero-order chi connectivity index (χ0) is 17.3. The highest BCUT2D eigenvalue weighted by Gasteiger charge is 2.43. The second kappa shape index (κ2) is 7.05. The smallest absolute Gasteiger partial charge is 0.246 e. The minimum absolute atomic E-state index is 0.0440. The van der Waals surface area contributed by atoms with E-state index in [2.05, 4.69) is 6.92 Å². The van der Waals surface area contributed by atoms with Crippen LogP contribution >= 0.6 is 11.8 Å². The van der Waals surface area contributed by atoms with E-state index < -0.39 is 6.04 Å². The normalized spacial score (nSPS) is 25.1. The van der Waals surface area contributed by atoms with Crippen molar-refractivity contribution >= 4 is 23.6 Å². The maximum absolute atomic E-state index is 12.9. The van der Waals surface area contributed by atoms with Crippen LogP contribution in [0.25, 0.3) is 0 Å². The van der Waals surface area contributed by atoms with Gasteiger partial charge < -0.3 is 14.9 Å². The van der Waals surface area contributed by atoms with Crippen LogP contribution in [0.15, 0.2) is 24.3 Å². The van der Waals surface area contributed by atoms with Crippen molar-refractivity contribution in [2.45, 2.75) is 38.1 Å². The number of phenols is 1. The number of amides is 2. The zero-order valence-electron chi connectivity index (χ0n) is 14.1. The number of para-hydroxylation sites is 1. The number of hydrogen-bond acceptors (Lipinski definition) is 4. The number of likely N-dealkylation sites (tertiary alicyclic amines) is 1. The summed E-state index contributed by atoms with van der Waals surface area (Å²) in [6, 6.07) is 6.60. The third kappa shape index (κ3) is 3.24. The Bertz CT molecular complexity index is 628. The molecule has 0 bridgehead atoms. The van der Waals surface area contributed by atoms with Gasteiger partial charge in [-0.1, -0.05) is 25.1 Å². The van der Waals surface area contributed by atoms with Crippen molar-refractivity contribution in [1.29, 1.82) is 0 Å². The van der Waals surface area contributed by atoms with Gasteiger partial charge >= 0.3 is 0 Å². The molecule has 0 aliphatic carbocycles. The lowest BCUT2D eigenvalue weighted by atomic mass is 9.98. The summed E-state index contributed by atoms with van der Waals surface area (Å²) < 4.78 is 0. The summed E-state index contributed by atoms with van der Waals surface area (Å²) in [5, 5.41) is 9.82. The Labute approximate surface area is 147 Å². The highest BCUT2D eigenvalue weighted by atomic mass is 32.2. The SMILES string of the molecule is CC(=O)N1[C@@H](c2ccccc2O)SC[C@H]1C(=O)N1CCC(C)CC1. The number of thioether (sulfide) groups is 1. The zero-order valence-corrected chi connectivity index (χ0v) is 15.0. The van der Waals surface area contributed by atoms with E-state index in [1.807, 2.05) is 17.0 Å². The fourth-order valence-corrected chi connectivity index (χ4v) is 4.96. The molecule has 130 valence electrons. The predicted octanol–water partition coefficient (Wildman–Crippen LogP) is 2.61. The van der Waals surface area contributed by atoms with Gasteiger partial charge in [-0.3, -0.25) is 9.59 Å². The molecule has 0 unspecified atom stereocenters. The average Bonchev–Trinajstić information content (AvgIpc) is 3.00. The number of carbonyl (C=O) groups is 2. The molecule has 6 heteroatoms. The number of rotatable bonds is 2. The maximum atomic E-state index is 12.9. The molecule has 1 aromatic rings. The summed E-state index contributed by atoms with van der Waals surface area (Å²) in [7, 11) is 0. The Hall–Kier alpha value is -1.69. The van der Waals surface area contributed by atoms with Crippen LogP contribution in [0.5, 0.6) is 5.75 Å². The molecule has 1 aromatic carbocycles. The number of aromatic hydroxyl groups is 1.